The quantitative estimate of drug-likeness (QED) is 0.230. The van der Waals surface area contributed by atoms with Crippen LogP contribution >= 0.6 is 24.0 Å². The zero-order chi connectivity index (χ0) is 18.6. The SMILES string of the molecule is CCNC(=NCc1ccc(COCC)cc1)NCCCN1CCCC1=O.I. The lowest BCUT2D eigenvalue weighted by Gasteiger charge is -2.16. The van der Waals surface area contributed by atoms with Crippen LogP contribution in [0.2, 0.25) is 0 Å². The van der Waals surface area contributed by atoms with Crippen molar-refractivity contribution in [2.45, 2.75) is 46.3 Å². The molecule has 0 atom stereocenters. The van der Waals surface area contributed by atoms with E-state index in [0.29, 0.717) is 25.5 Å². The number of likely N-dealkylation sites (tertiary alicyclic amines) is 1. The number of ether oxygens (including phenoxy) is 1. The van der Waals surface area contributed by atoms with E-state index < -0.39 is 0 Å². The average molecular weight is 488 g/mol. The average Bonchev–Trinajstić information content (AvgIpc) is 3.07. The normalized spacial score (nSPS) is 14.2. The maximum absolute atomic E-state index is 11.6. The first kappa shape index (κ1) is 23.7. The second kappa shape index (κ2) is 13.8. The fourth-order valence-electron chi connectivity index (χ4n) is 2.89. The lowest BCUT2D eigenvalue weighted by molar-refractivity contribution is -0.127. The number of aliphatic imine (C=N–C) groups is 1. The molecule has 1 heterocycles. The van der Waals surface area contributed by atoms with Crippen molar-refractivity contribution in [1.29, 1.82) is 0 Å². The van der Waals surface area contributed by atoms with Gasteiger partial charge in [-0.1, -0.05) is 24.3 Å². The van der Waals surface area contributed by atoms with Crippen LogP contribution in [0.1, 0.15) is 44.2 Å². The molecule has 1 aromatic rings. The Bertz CT molecular complexity index is 578. The van der Waals surface area contributed by atoms with Crippen LogP contribution in [0.25, 0.3) is 0 Å². The van der Waals surface area contributed by atoms with E-state index in [1.165, 1.54) is 11.1 Å². The van der Waals surface area contributed by atoms with Gasteiger partial charge in [0, 0.05) is 39.2 Å². The number of carbonyl (C=O) groups is 1. The van der Waals surface area contributed by atoms with Crippen molar-refractivity contribution < 1.29 is 9.53 Å². The Labute approximate surface area is 180 Å². The predicted octanol–water partition coefficient (Wildman–Crippen LogP) is 2.91. The van der Waals surface area contributed by atoms with E-state index in [1.807, 2.05) is 11.8 Å². The number of guanidine groups is 1. The van der Waals surface area contributed by atoms with Gasteiger partial charge in [-0.15, -0.1) is 24.0 Å². The van der Waals surface area contributed by atoms with Gasteiger partial charge in [-0.05, 0) is 37.8 Å². The van der Waals surface area contributed by atoms with Gasteiger partial charge in [0.1, 0.15) is 0 Å². The van der Waals surface area contributed by atoms with Crippen molar-refractivity contribution in [1.82, 2.24) is 15.5 Å². The van der Waals surface area contributed by atoms with Crippen molar-refractivity contribution in [3.05, 3.63) is 35.4 Å². The first-order valence-corrected chi connectivity index (χ1v) is 9.68. The summed E-state index contributed by atoms with van der Waals surface area (Å²) in [7, 11) is 0. The van der Waals surface area contributed by atoms with Crippen LogP contribution in [0.15, 0.2) is 29.3 Å². The number of carbonyl (C=O) groups excluding carboxylic acids is 1. The Kier molecular flexibility index (Phi) is 12.1. The van der Waals surface area contributed by atoms with Gasteiger partial charge >= 0.3 is 0 Å². The number of benzene rings is 1. The summed E-state index contributed by atoms with van der Waals surface area (Å²) in [4.78, 5) is 18.2. The summed E-state index contributed by atoms with van der Waals surface area (Å²) in [5, 5.41) is 6.62. The van der Waals surface area contributed by atoms with Crippen LogP contribution in [0.4, 0.5) is 0 Å². The van der Waals surface area contributed by atoms with Crippen LogP contribution in [0.3, 0.4) is 0 Å². The highest BCUT2D eigenvalue weighted by Crippen LogP contribution is 2.09. The Morgan fingerprint density at radius 3 is 2.56 bits per heavy atom. The maximum Gasteiger partial charge on any atom is 0.222 e. The topological polar surface area (TPSA) is 66.0 Å². The minimum Gasteiger partial charge on any atom is -0.377 e. The molecular weight excluding hydrogens is 455 g/mol. The molecule has 27 heavy (non-hydrogen) atoms. The van der Waals surface area contributed by atoms with E-state index in [-0.39, 0.29) is 24.0 Å². The highest BCUT2D eigenvalue weighted by atomic mass is 127. The Hall–Kier alpha value is -1.35. The van der Waals surface area contributed by atoms with Crippen LogP contribution in [0.5, 0.6) is 0 Å². The van der Waals surface area contributed by atoms with E-state index >= 15 is 0 Å². The lowest BCUT2D eigenvalue weighted by Crippen LogP contribution is -2.39. The van der Waals surface area contributed by atoms with E-state index in [9.17, 15) is 4.79 Å². The molecule has 152 valence electrons. The maximum atomic E-state index is 11.6. The molecule has 2 N–H and O–H groups in total. The van der Waals surface area contributed by atoms with Gasteiger partial charge in [0.25, 0.3) is 0 Å². The Balaban J connectivity index is 0.00000364. The molecule has 1 aromatic carbocycles. The van der Waals surface area contributed by atoms with Gasteiger partial charge in [-0.25, -0.2) is 4.99 Å². The third-order valence-electron chi connectivity index (χ3n) is 4.33. The van der Waals surface area contributed by atoms with Gasteiger partial charge in [0.2, 0.25) is 5.91 Å². The van der Waals surface area contributed by atoms with E-state index in [4.69, 9.17) is 4.74 Å². The molecular formula is C20H33IN4O2. The second-order valence-electron chi connectivity index (χ2n) is 6.41. The molecule has 1 fully saturated rings. The molecule has 1 aliphatic rings. The number of hydrogen-bond donors (Lipinski definition) is 2. The molecule has 0 spiro atoms. The Morgan fingerprint density at radius 1 is 1.19 bits per heavy atom. The van der Waals surface area contributed by atoms with Crippen molar-refractivity contribution in [2.75, 3.05) is 32.8 Å². The van der Waals surface area contributed by atoms with E-state index in [0.717, 1.165) is 51.6 Å². The summed E-state index contributed by atoms with van der Waals surface area (Å²) in [6.07, 6.45) is 2.64. The molecule has 1 aliphatic heterocycles. The lowest BCUT2D eigenvalue weighted by atomic mass is 10.1. The van der Waals surface area contributed by atoms with E-state index in [2.05, 4.69) is 46.8 Å². The highest BCUT2D eigenvalue weighted by Gasteiger charge is 2.18. The van der Waals surface area contributed by atoms with Crippen molar-refractivity contribution in [3.8, 4) is 0 Å². The first-order chi connectivity index (χ1) is 12.7. The number of hydrogen-bond acceptors (Lipinski definition) is 3. The number of rotatable bonds is 10. The number of halogens is 1. The highest BCUT2D eigenvalue weighted by molar-refractivity contribution is 14.0. The molecule has 2 rings (SSSR count). The van der Waals surface area contributed by atoms with Crippen molar-refractivity contribution in [3.63, 3.8) is 0 Å². The predicted molar refractivity (Wildman–Crippen MR) is 120 cm³/mol. The smallest absolute Gasteiger partial charge is 0.222 e. The summed E-state index contributed by atoms with van der Waals surface area (Å²) in [6, 6.07) is 8.38. The van der Waals surface area contributed by atoms with Gasteiger partial charge in [0.15, 0.2) is 5.96 Å². The second-order valence-corrected chi connectivity index (χ2v) is 6.41. The molecule has 0 aromatic heterocycles. The zero-order valence-electron chi connectivity index (χ0n) is 16.5. The van der Waals surface area contributed by atoms with E-state index in [1.54, 1.807) is 0 Å². The van der Waals surface area contributed by atoms with Crippen LogP contribution < -0.4 is 10.6 Å². The third kappa shape index (κ3) is 8.92. The third-order valence-corrected chi connectivity index (χ3v) is 4.33. The number of amides is 1. The summed E-state index contributed by atoms with van der Waals surface area (Å²) >= 11 is 0. The molecule has 6 nitrogen and oxygen atoms in total. The summed E-state index contributed by atoms with van der Waals surface area (Å²) in [5.41, 5.74) is 2.35. The molecule has 0 radical (unpaired) electrons. The molecule has 0 unspecified atom stereocenters. The minimum absolute atomic E-state index is 0. The number of nitrogens with zero attached hydrogens (tertiary/aromatic N) is 2. The molecule has 0 bridgehead atoms. The summed E-state index contributed by atoms with van der Waals surface area (Å²) in [5.74, 6) is 1.11. The number of nitrogens with one attached hydrogen (secondary N) is 2. The van der Waals surface area contributed by atoms with Gasteiger partial charge < -0.3 is 20.3 Å². The fraction of sp³-hybridized carbons (Fsp3) is 0.600. The van der Waals surface area contributed by atoms with Crippen LogP contribution in [-0.4, -0.2) is 49.6 Å². The van der Waals surface area contributed by atoms with Gasteiger partial charge in [-0.2, -0.15) is 0 Å². The largest absolute Gasteiger partial charge is 0.377 e. The molecule has 7 heteroatoms. The molecule has 1 saturated heterocycles. The zero-order valence-corrected chi connectivity index (χ0v) is 18.8. The molecule has 0 saturated carbocycles. The van der Waals surface area contributed by atoms with Gasteiger partial charge in [-0.3, -0.25) is 4.79 Å². The molecule has 0 aliphatic carbocycles. The van der Waals surface area contributed by atoms with Crippen LogP contribution in [-0.2, 0) is 22.7 Å². The summed E-state index contributed by atoms with van der Waals surface area (Å²) < 4.78 is 5.42. The first-order valence-electron chi connectivity index (χ1n) is 9.68. The minimum atomic E-state index is 0. The molecule has 1 amide bonds. The van der Waals surface area contributed by atoms with Crippen molar-refractivity contribution >= 4 is 35.8 Å². The van der Waals surface area contributed by atoms with Crippen LogP contribution in [0, 0.1) is 0 Å². The van der Waals surface area contributed by atoms with Crippen molar-refractivity contribution in [2.24, 2.45) is 4.99 Å². The Morgan fingerprint density at radius 2 is 1.93 bits per heavy atom. The van der Waals surface area contributed by atoms with Gasteiger partial charge in [0.05, 0.1) is 13.2 Å². The summed E-state index contributed by atoms with van der Waals surface area (Å²) in [6.45, 7) is 9.45. The standard InChI is InChI=1S/C20H32N4O2.HI/c1-3-21-20(22-12-6-14-24-13-5-7-19(24)25)23-15-17-8-10-18(11-9-17)16-26-4-2;/h8-11H,3-7,12-16H2,1-2H3,(H2,21,22,23);1H. The fourth-order valence-corrected chi connectivity index (χ4v) is 2.89. The monoisotopic (exact) mass is 488 g/mol.